The molecule has 0 radical (unpaired) electrons. The van der Waals surface area contributed by atoms with E-state index in [9.17, 15) is 19.5 Å². The van der Waals surface area contributed by atoms with Gasteiger partial charge < -0.3 is 29.7 Å². The Morgan fingerprint density at radius 2 is 1.76 bits per heavy atom. The van der Waals surface area contributed by atoms with Crippen LogP contribution in [0, 0.1) is 6.92 Å². The number of fused-ring (bicyclic) bond motifs is 1. The molecule has 4 aromatic carbocycles. The van der Waals surface area contributed by atoms with E-state index in [4.69, 9.17) is 14.5 Å². The molecule has 0 saturated carbocycles. The molecule has 0 aliphatic carbocycles. The van der Waals surface area contributed by atoms with Crippen LogP contribution >= 0.6 is 0 Å². The fourth-order valence-corrected chi connectivity index (χ4v) is 6.14. The van der Waals surface area contributed by atoms with Crippen LogP contribution in [-0.4, -0.2) is 89.9 Å². The molecule has 11 heteroatoms. The van der Waals surface area contributed by atoms with Gasteiger partial charge in [0.25, 0.3) is 5.91 Å². The molecule has 49 heavy (non-hydrogen) atoms. The lowest BCUT2D eigenvalue weighted by molar-refractivity contribution is -0.125. The van der Waals surface area contributed by atoms with E-state index in [1.54, 1.807) is 23.2 Å². The highest BCUT2D eigenvalue weighted by Crippen LogP contribution is 2.30. The second kappa shape index (κ2) is 14.6. The third-order valence-electron chi connectivity index (χ3n) is 8.65. The minimum Gasteiger partial charge on any atom is -0.494 e. The minimum atomic E-state index is -1.01. The Labute approximate surface area is 284 Å². The number of likely N-dealkylation sites (N-methyl/N-ethyl adjacent to an activating group) is 1. The molecule has 1 atom stereocenters. The minimum absolute atomic E-state index is 0.0942. The van der Waals surface area contributed by atoms with Crippen LogP contribution in [0.2, 0.25) is 0 Å². The number of piperazine rings is 1. The zero-order valence-electron chi connectivity index (χ0n) is 27.8. The van der Waals surface area contributed by atoms with Crippen LogP contribution in [0.1, 0.15) is 33.3 Å². The number of ether oxygens (including phenoxy) is 2. The summed E-state index contributed by atoms with van der Waals surface area (Å²) in [6.45, 7) is 5.55. The van der Waals surface area contributed by atoms with Crippen molar-refractivity contribution in [3.8, 4) is 22.8 Å². The molecular formula is C38H39N5O6. The second-order valence-corrected chi connectivity index (χ2v) is 11.9. The number of hydrogen-bond acceptors (Lipinski definition) is 7. The Kier molecular flexibility index (Phi) is 9.91. The van der Waals surface area contributed by atoms with Crippen molar-refractivity contribution in [1.82, 2.24) is 19.8 Å². The van der Waals surface area contributed by atoms with Crippen molar-refractivity contribution in [2.45, 2.75) is 19.9 Å². The van der Waals surface area contributed by atoms with Gasteiger partial charge in [-0.05, 0) is 48.9 Å². The Morgan fingerprint density at radius 1 is 0.959 bits per heavy atom. The molecule has 1 fully saturated rings. The van der Waals surface area contributed by atoms with Gasteiger partial charge in [0.05, 0.1) is 30.5 Å². The van der Waals surface area contributed by atoms with E-state index in [2.05, 4.69) is 10.2 Å². The van der Waals surface area contributed by atoms with Crippen LogP contribution in [0.15, 0.2) is 91.1 Å². The predicted molar refractivity (Wildman–Crippen MR) is 188 cm³/mol. The maximum atomic E-state index is 14.4. The Balaban J connectivity index is 1.34. The lowest BCUT2D eigenvalue weighted by Crippen LogP contribution is -2.57. The van der Waals surface area contributed by atoms with Gasteiger partial charge in [0, 0.05) is 50.2 Å². The number of carbonyl (C=O) groups excluding carboxylic acids is 2. The number of nitrogens with one attached hydrogen (secondary N) is 1. The topological polar surface area (TPSA) is 126 Å². The molecule has 1 aliphatic heterocycles. The van der Waals surface area contributed by atoms with Crippen LogP contribution in [0.3, 0.4) is 0 Å². The number of aryl methyl sites for hydroxylation is 1. The zero-order valence-corrected chi connectivity index (χ0v) is 27.8. The number of imidazole rings is 1. The lowest BCUT2D eigenvalue weighted by atomic mass is 10.0. The molecule has 1 aliphatic rings. The van der Waals surface area contributed by atoms with E-state index in [1.807, 2.05) is 91.2 Å². The number of aromatic nitrogens is 2. The second-order valence-electron chi connectivity index (χ2n) is 11.9. The summed E-state index contributed by atoms with van der Waals surface area (Å²) in [5.41, 5.74) is 3.97. The van der Waals surface area contributed by atoms with Gasteiger partial charge in [-0.15, -0.1) is 0 Å². The summed E-state index contributed by atoms with van der Waals surface area (Å²) < 4.78 is 13.5. The molecule has 1 aromatic heterocycles. The normalized spacial score (nSPS) is 14.6. The van der Waals surface area contributed by atoms with Gasteiger partial charge in [0.2, 0.25) is 5.91 Å². The lowest BCUT2D eigenvalue weighted by Gasteiger charge is -2.42. The molecule has 0 bridgehead atoms. The quantitative estimate of drug-likeness (QED) is 0.198. The highest BCUT2D eigenvalue weighted by Gasteiger charge is 2.34. The number of carbonyl (C=O) groups is 3. The Hall–Kier alpha value is -5.68. The van der Waals surface area contributed by atoms with E-state index >= 15 is 0 Å². The van der Waals surface area contributed by atoms with Crippen LogP contribution in [0.5, 0.6) is 5.75 Å². The van der Waals surface area contributed by atoms with Crippen molar-refractivity contribution in [3.05, 3.63) is 108 Å². The summed E-state index contributed by atoms with van der Waals surface area (Å²) >= 11 is 0. The molecule has 252 valence electrons. The highest BCUT2D eigenvalue weighted by atomic mass is 16.5. The summed E-state index contributed by atoms with van der Waals surface area (Å²) in [6.07, 6.45) is 1.75. The first-order valence-electron chi connectivity index (χ1n) is 16.3. The number of benzene rings is 4. The Bertz CT molecular complexity index is 1990. The molecule has 2 amide bonds. The fraction of sp³-hybridized carbons (Fsp3) is 0.263. The van der Waals surface area contributed by atoms with Gasteiger partial charge in [-0.2, -0.15) is 0 Å². The summed E-state index contributed by atoms with van der Waals surface area (Å²) in [5, 5.41) is 14.0. The van der Waals surface area contributed by atoms with Gasteiger partial charge in [-0.3, -0.25) is 14.2 Å². The molecule has 0 spiro atoms. The van der Waals surface area contributed by atoms with E-state index in [-0.39, 0.29) is 36.3 Å². The monoisotopic (exact) mass is 661 g/mol. The molecule has 2 heterocycles. The standard InChI is InChI=1S/C38H39N5O6/c1-4-49-31-10-7-9-28(19-31)43-22-34(40-36(43)26-14-12-25(2)13-15-26)37(45)42-17-16-41(21-30(42)23-48-24-35(44)39-3)29-18-27-8-5-6-11-32(27)33(20-29)38(46)47/h5-15,18-20,22,30H,4,16-17,21,23-24H2,1-3H3,(H,39,44)(H,46,47)/t30-/m1/s1. The smallest absolute Gasteiger partial charge is 0.336 e. The van der Waals surface area contributed by atoms with Crippen molar-refractivity contribution in [1.29, 1.82) is 0 Å². The van der Waals surface area contributed by atoms with Gasteiger partial charge in [-0.25, -0.2) is 9.78 Å². The maximum Gasteiger partial charge on any atom is 0.336 e. The van der Waals surface area contributed by atoms with Gasteiger partial charge >= 0.3 is 5.97 Å². The summed E-state index contributed by atoms with van der Waals surface area (Å²) in [4.78, 5) is 47.2. The molecule has 11 nitrogen and oxygen atoms in total. The third kappa shape index (κ3) is 7.26. The number of amides is 2. The van der Waals surface area contributed by atoms with Gasteiger partial charge in [0.15, 0.2) is 0 Å². The summed E-state index contributed by atoms with van der Waals surface area (Å²) in [5.74, 6) is -0.238. The first kappa shape index (κ1) is 33.2. The molecule has 1 saturated heterocycles. The van der Waals surface area contributed by atoms with Crippen molar-refractivity contribution in [2.75, 3.05) is 51.4 Å². The van der Waals surface area contributed by atoms with Crippen LogP contribution in [-0.2, 0) is 9.53 Å². The average molecular weight is 662 g/mol. The van der Waals surface area contributed by atoms with E-state index in [0.717, 1.165) is 27.9 Å². The number of rotatable bonds is 11. The Morgan fingerprint density at radius 3 is 2.51 bits per heavy atom. The van der Waals surface area contributed by atoms with Crippen molar-refractivity contribution in [3.63, 3.8) is 0 Å². The van der Waals surface area contributed by atoms with E-state index in [1.165, 1.54) is 7.05 Å². The SMILES string of the molecule is CCOc1cccc(-n2cc(C(=O)N3CCN(c4cc(C(=O)O)c5ccccc5c4)C[C@@H]3COCC(=O)NC)nc2-c2ccc(C)cc2)c1. The molecule has 5 aromatic rings. The number of nitrogens with zero attached hydrogens (tertiary/aromatic N) is 4. The van der Waals surface area contributed by atoms with Crippen molar-refractivity contribution in [2.24, 2.45) is 0 Å². The number of carboxylic acids is 1. The molecular weight excluding hydrogens is 622 g/mol. The predicted octanol–water partition coefficient (Wildman–Crippen LogP) is 5.19. The molecule has 2 N–H and O–H groups in total. The first-order chi connectivity index (χ1) is 23.7. The molecule has 6 rings (SSSR count). The highest BCUT2D eigenvalue weighted by molar-refractivity contribution is 6.05. The van der Waals surface area contributed by atoms with Crippen LogP contribution in [0.25, 0.3) is 27.8 Å². The fourth-order valence-electron chi connectivity index (χ4n) is 6.14. The van der Waals surface area contributed by atoms with E-state index in [0.29, 0.717) is 43.2 Å². The number of hydrogen-bond donors (Lipinski definition) is 2. The van der Waals surface area contributed by atoms with Gasteiger partial charge in [-0.1, -0.05) is 60.2 Å². The van der Waals surface area contributed by atoms with Crippen molar-refractivity contribution < 1.29 is 29.0 Å². The van der Waals surface area contributed by atoms with Crippen LogP contribution < -0.4 is 15.0 Å². The van der Waals surface area contributed by atoms with E-state index < -0.39 is 12.0 Å². The maximum absolute atomic E-state index is 14.4. The third-order valence-corrected chi connectivity index (χ3v) is 8.65. The number of anilines is 1. The first-order valence-corrected chi connectivity index (χ1v) is 16.3. The number of aromatic carboxylic acids is 1. The van der Waals surface area contributed by atoms with Crippen molar-refractivity contribution >= 4 is 34.2 Å². The van der Waals surface area contributed by atoms with Crippen LogP contribution in [0.4, 0.5) is 5.69 Å². The number of carboxylic acid groups (broad SMARTS) is 1. The largest absolute Gasteiger partial charge is 0.494 e. The zero-order chi connectivity index (χ0) is 34.5. The van der Waals surface area contributed by atoms with Gasteiger partial charge in [0.1, 0.15) is 23.9 Å². The molecule has 0 unspecified atom stereocenters. The summed E-state index contributed by atoms with van der Waals surface area (Å²) in [7, 11) is 1.54. The summed E-state index contributed by atoms with van der Waals surface area (Å²) in [6, 6.07) is 26.2. The average Bonchev–Trinajstić information content (AvgIpc) is 3.57.